The molecule has 1 aliphatic carbocycles. The van der Waals surface area contributed by atoms with Gasteiger partial charge < -0.3 is 20.1 Å². The molecule has 0 saturated carbocycles. The molecule has 7 heteroatoms. The van der Waals surface area contributed by atoms with Crippen molar-refractivity contribution in [2.24, 2.45) is 11.8 Å². The molecule has 3 atom stereocenters. The summed E-state index contributed by atoms with van der Waals surface area (Å²) >= 11 is 0. The number of carbonyl (C=O) groups excluding carboxylic acids is 2. The van der Waals surface area contributed by atoms with E-state index in [2.05, 4.69) is 29.6 Å². The van der Waals surface area contributed by atoms with Gasteiger partial charge in [0, 0.05) is 25.4 Å². The zero-order valence-corrected chi connectivity index (χ0v) is 19.7. The lowest BCUT2D eigenvalue weighted by atomic mass is 9.98. The largest absolute Gasteiger partial charge is 0.480 e. The van der Waals surface area contributed by atoms with E-state index in [1.54, 1.807) is 0 Å². The van der Waals surface area contributed by atoms with Gasteiger partial charge in [-0.1, -0.05) is 62.4 Å². The van der Waals surface area contributed by atoms with Crippen LogP contribution in [0.1, 0.15) is 50.2 Å². The summed E-state index contributed by atoms with van der Waals surface area (Å²) in [5.74, 6) is -1.08. The molecule has 2 aromatic rings. The summed E-state index contributed by atoms with van der Waals surface area (Å²) < 4.78 is 5.55. The van der Waals surface area contributed by atoms with Gasteiger partial charge in [-0.15, -0.1) is 0 Å². The van der Waals surface area contributed by atoms with E-state index in [0.717, 1.165) is 0 Å². The number of hydrogen-bond acceptors (Lipinski definition) is 4. The van der Waals surface area contributed by atoms with Crippen LogP contribution in [-0.4, -0.2) is 53.7 Å². The minimum atomic E-state index is -0.942. The van der Waals surface area contributed by atoms with E-state index in [1.165, 1.54) is 27.2 Å². The Bertz CT molecular complexity index is 1020. The van der Waals surface area contributed by atoms with Gasteiger partial charge in [0.15, 0.2) is 0 Å². The fourth-order valence-corrected chi connectivity index (χ4v) is 5.19. The second-order valence-corrected chi connectivity index (χ2v) is 9.49. The highest BCUT2D eigenvalue weighted by atomic mass is 16.5. The average Bonchev–Trinajstić information content (AvgIpc) is 3.36. The van der Waals surface area contributed by atoms with Crippen molar-refractivity contribution in [2.75, 3.05) is 19.7 Å². The van der Waals surface area contributed by atoms with Gasteiger partial charge in [-0.25, -0.2) is 9.59 Å². The zero-order valence-electron chi connectivity index (χ0n) is 19.7. The first-order valence-corrected chi connectivity index (χ1v) is 12.0. The number of hydrogen-bond donors (Lipinski definition) is 2. The fraction of sp³-hybridized carbons (Fsp3) is 0.444. The third-order valence-electron chi connectivity index (χ3n) is 7.05. The average molecular weight is 465 g/mol. The van der Waals surface area contributed by atoms with Crippen LogP contribution in [0.15, 0.2) is 48.5 Å². The summed E-state index contributed by atoms with van der Waals surface area (Å²) in [6.45, 7) is 4.95. The van der Waals surface area contributed by atoms with Crippen LogP contribution in [0.25, 0.3) is 11.1 Å². The number of carboxylic acids is 1. The number of ether oxygens (including phenoxy) is 1. The van der Waals surface area contributed by atoms with E-state index in [-0.39, 0.29) is 36.7 Å². The van der Waals surface area contributed by atoms with Crippen LogP contribution >= 0.6 is 0 Å². The van der Waals surface area contributed by atoms with Gasteiger partial charge in [-0.05, 0) is 46.9 Å². The summed E-state index contributed by atoms with van der Waals surface area (Å²) in [7, 11) is 0. The zero-order chi connectivity index (χ0) is 24.2. The number of likely N-dealkylation sites (tertiary alicyclic amines) is 1. The van der Waals surface area contributed by atoms with E-state index in [0.29, 0.717) is 25.9 Å². The Balaban J connectivity index is 1.22. The van der Waals surface area contributed by atoms with Gasteiger partial charge in [0.2, 0.25) is 5.91 Å². The standard InChI is InChI=1S/C27H32N2O5/c1-17(15-24(30)29-14-12-18(2)25(29)26(31)32)11-13-28-27(33)34-16-23-21-9-5-3-7-19(21)20-8-4-6-10-22(20)23/h3-10,17-18,23,25H,11-16H2,1-2H3,(H,28,33)(H,31,32). The summed E-state index contributed by atoms with van der Waals surface area (Å²) in [5, 5.41) is 12.2. The summed E-state index contributed by atoms with van der Waals surface area (Å²) in [6, 6.07) is 15.7. The topological polar surface area (TPSA) is 95.9 Å². The number of rotatable bonds is 8. The minimum absolute atomic E-state index is 0.0136. The van der Waals surface area contributed by atoms with Crippen molar-refractivity contribution >= 4 is 18.0 Å². The van der Waals surface area contributed by atoms with E-state index < -0.39 is 18.1 Å². The third kappa shape index (κ3) is 4.93. The molecule has 0 spiro atoms. The minimum Gasteiger partial charge on any atom is -0.480 e. The highest BCUT2D eigenvalue weighted by molar-refractivity contribution is 5.84. The molecule has 7 nitrogen and oxygen atoms in total. The molecule has 2 N–H and O–H groups in total. The summed E-state index contributed by atoms with van der Waals surface area (Å²) in [4.78, 5) is 37.9. The maximum absolute atomic E-state index is 12.6. The molecular weight excluding hydrogens is 432 g/mol. The van der Waals surface area contributed by atoms with Gasteiger partial charge in [0.1, 0.15) is 12.6 Å². The van der Waals surface area contributed by atoms with Crippen LogP contribution < -0.4 is 5.32 Å². The first-order valence-electron chi connectivity index (χ1n) is 12.0. The SMILES string of the molecule is CC(CCNC(=O)OCC1c2ccccc2-c2ccccc21)CC(=O)N1CCC(C)C1C(=O)O. The Labute approximate surface area is 200 Å². The smallest absolute Gasteiger partial charge is 0.407 e. The lowest BCUT2D eigenvalue weighted by molar-refractivity contribution is -0.149. The number of benzene rings is 2. The number of nitrogens with one attached hydrogen (secondary N) is 1. The maximum atomic E-state index is 12.6. The second kappa shape index (κ2) is 10.3. The van der Waals surface area contributed by atoms with Crippen molar-refractivity contribution in [3.05, 3.63) is 59.7 Å². The van der Waals surface area contributed by atoms with Crippen LogP contribution in [0.3, 0.4) is 0 Å². The number of aliphatic carboxylic acids is 1. The summed E-state index contributed by atoms with van der Waals surface area (Å²) in [5.41, 5.74) is 4.70. The van der Waals surface area contributed by atoms with Crippen molar-refractivity contribution < 1.29 is 24.2 Å². The van der Waals surface area contributed by atoms with Crippen molar-refractivity contribution in [3.63, 3.8) is 0 Å². The van der Waals surface area contributed by atoms with Gasteiger partial charge >= 0.3 is 12.1 Å². The molecule has 34 heavy (non-hydrogen) atoms. The highest BCUT2D eigenvalue weighted by Crippen LogP contribution is 2.44. The number of amides is 2. The molecule has 1 fully saturated rings. The molecule has 2 aliphatic rings. The van der Waals surface area contributed by atoms with E-state index in [1.807, 2.05) is 38.1 Å². The molecule has 180 valence electrons. The van der Waals surface area contributed by atoms with Crippen LogP contribution in [0, 0.1) is 11.8 Å². The first-order chi connectivity index (χ1) is 16.4. The molecule has 3 unspecified atom stereocenters. The lowest BCUT2D eigenvalue weighted by Crippen LogP contribution is -2.43. The number of fused-ring (bicyclic) bond motifs is 3. The Morgan fingerprint density at radius 3 is 2.32 bits per heavy atom. The van der Waals surface area contributed by atoms with Crippen LogP contribution in [-0.2, 0) is 14.3 Å². The predicted octanol–water partition coefficient (Wildman–Crippen LogP) is 4.26. The Hall–Kier alpha value is -3.35. The second-order valence-electron chi connectivity index (χ2n) is 9.49. The van der Waals surface area contributed by atoms with Crippen LogP contribution in [0.2, 0.25) is 0 Å². The van der Waals surface area contributed by atoms with Crippen molar-refractivity contribution in [1.82, 2.24) is 10.2 Å². The lowest BCUT2D eigenvalue weighted by Gasteiger charge is -2.24. The number of nitrogens with zero attached hydrogens (tertiary/aromatic N) is 1. The van der Waals surface area contributed by atoms with Gasteiger partial charge in [0.25, 0.3) is 0 Å². The monoisotopic (exact) mass is 464 g/mol. The Morgan fingerprint density at radius 1 is 1.09 bits per heavy atom. The van der Waals surface area contributed by atoms with Crippen molar-refractivity contribution in [1.29, 1.82) is 0 Å². The van der Waals surface area contributed by atoms with Crippen molar-refractivity contribution in [3.8, 4) is 11.1 Å². The first kappa shape index (κ1) is 23.8. The molecule has 0 bridgehead atoms. The number of alkyl carbamates (subject to hydrolysis) is 1. The van der Waals surface area contributed by atoms with E-state index in [4.69, 9.17) is 4.74 Å². The fourth-order valence-electron chi connectivity index (χ4n) is 5.19. The molecule has 0 aromatic heterocycles. The molecule has 2 amide bonds. The maximum Gasteiger partial charge on any atom is 0.407 e. The molecule has 0 radical (unpaired) electrons. The Morgan fingerprint density at radius 2 is 1.71 bits per heavy atom. The number of carbonyl (C=O) groups is 3. The van der Waals surface area contributed by atoms with E-state index in [9.17, 15) is 19.5 Å². The third-order valence-corrected chi connectivity index (χ3v) is 7.05. The molecule has 2 aromatic carbocycles. The molecule has 4 rings (SSSR count). The van der Waals surface area contributed by atoms with Crippen LogP contribution in [0.4, 0.5) is 4.79 Å². The van der Waals surface area contributed by atoms with E-state index >= 15 is 0 Å². The Kier molecular flexibility index (Phi) is 7.20. The quantitative estimate of drug-likeness (QED) is 0.609. The normalized spacial score (nSPS) is 19.9. The van der Waals surface area contributed by atoms with Gasteiger partial charge in [-0.2, -0.15) is 0 Å². The molecule has 1 heterocycles. The van der Waals surface area contributed by atoms with Gasteiger partial charge in [0.05, 0.1) is 0 Å². The number of carboxylic acid groups (broad SMARTS) is 1. The predicted molar refractivity (Wildman–Crippen MR) is 128 cm³/mol. The molecular formula is C27H32N2O5. The van der Waals surface area contributed by atoms with Crippen molar-refractivity contribution in [2.45, 2.75) is 45.1 Å². The summed E-state index contributed by atoms with van der Waals surface area (Å²) in [6.07, 6.45) is 1.11. The molecule has 1 aliphatic heterocycles. The highest BCUT2D eigenvalue weighted by Gasteiger charge is 2.39. The van der Waals surface area contributed by atoms with Gasteiger partial charge in [-0.3, -0.25) is 4.79 Å². The molecule has 1 saturated heterocycles. The van der Waals surface area contributed by atoms with Crippen LogP contribution in [0.5, 0.6) is 0 Å².